The largest absolute Gasteiger partial charge is 0.387 e. The summed E-state index contributed by atoms with van der Waals surface area (Å²) in [7, 11) is 0. The van der Waals surface area contributed by atoms with E-state index in [4.69, 9.17) is 5.11 Å². The molecule has 1 rings (SSSR count). The molecule has 1 aromatic rings. The molecular formula is C7H10N2OS. The van der Waals surface area contributed by atoms with Gasteiger partial charge in [0.2, 0.25) is 0 Å². The van der Waals surface area contributed by atoms with E-state index in [0.29, 0.717) is 10.9 Å². The number of nitrogens with zero attached hydrogens (tertiary/aromatic N) is 2. The summed E-state index contributed by atoms with van der Waals surface area (Å²) >= 11 is 3.99. The Labute approximate surface area is 70.9 Å². The van der Waals surface area contributed by atoms with Gasteiger partial charge in [-0.2, -0.15) is 0 Å². The zero-order chi connectivity index (χ0) is 8.43. The Hall–Kier alpha value is -0.610. The zero-order valence-electron chi connectivity index (χ0n) is 6.44. The van der Waals surface area contributed by atoms with Gasteiger partial charge in [-0.15, -0.1) is 12.6 Å². The topological polar surface area (TPSA) is 46.0 Å². The van der Waals surface area contributed by atoms with Gasteiger partial charge in [0.05, 0.1) is 11.8 Å². The molecule has 0 amide bonds. The molecule has 1 aromatic heterocycles. The first-order valence-electron chi connectivity index (χ1n) is 3.32. The van der Waals surface area contributed by atoms with Crippen molar-refractivity contribution in [3.63, 3.8) is 0 Å². The van der Waals surface area contributed by atoms with Crippen molar-refractivity contribution < 1.29 is 5.11 Å². The van der Waals surface area contributed by atoms with Crippen LogP contribution in [0.5, 0.6) is 0 Å². The molecule has 0 saturated carbocycles. The van der Waals surface area contributed by atoms with Crippen LogP contribution in [-0.4, -0.2) is 15.1 Å². The number of hydrogen-bond acceptors (Lipinski definition) is 4. The Kier molecular flexibility index (Phi) is 2.46. The summed E-state index contributed by atoms with van der Waals surface area (Å²) in [4.78, 5) is 7.90. The molecular weight excluding hydrogens is 160 g/mol. The summed E-state index contributed by atoms with van der Waals surface area (Å²) in [5.74, 6) is 0. The number of aliphatic hydroxyl groups is 1. The summed E-state index contributed by atoms with van der Waals surface area (Å²) in [5, 5.41) is 9.55. The number of thiol groups is 1. The molecule has 0 aliphatic rings. The SMILES string of the molecule is Cc1cc(C(C)O)nc(S)n1. The second kappa shape index (κ2) is 3.19. The van der Waals surface area contributed by atoms with Gasteiger partial charge in [0.1, 0.15) is 0 Å². The van der Waals surface area contributed by atoms with Crippen LogP contribution in [0.15, 0.2) is 11.2 Å². The normalized spacial score (nSPS) is 13.1. The van der Waals surface area contributed by atoms with E-state index in [1.165, 1.54) is 0 Å². The van der Waals surface area contributed by atoms with Crippen molar-refractivity contribution in [2.75, 3.05) is 0 Å². The summed E-state index contributed by atoms with van der Waals surface area (Å²) < 4.78 is 0. The first kappa shape index (κ1) is 8.49. The van der Waals surface area contributed by atoms with E-state index in [0.717, 1.165) is 5.69 Å². The highest BCUT2D eigenvalue weighted by Gasteiger charge is 2.03. The van der Waals surface area contributed by atoms with Gasteiger partial charge in [-0.3, -0.25) is 0 Å². The highest BCUT2D eigenvalue weighted by atomic mass is 32.1. The van der Waals surface area contributed by atoms with Gasteiger partial charge in [-0.25, -0.2) is 9.97 Å². The molecule has 0 spiro atoms. The maximum Gasteiger partial charge on any atom is 0.184 e. The predicted octanol–water partition coefficient (Wildman–Crippen LogP) is 1.13. The van der Waals surface area contributed by atoms with Crippen LogP contribution < -0.4 is 0 Å². The number of aliphatic hydroxyl groups excluding tert-OH is 1. The van der Waals surface area contributed by atoms with Crippen molar-refractivity contribution in [3.05, 3.63) is 17.5 Å². The molecule has 1 unspecified atom stereocenters. The lowest BCUT2D eigenvalue weighted by Crippen LogP contribution is -1.98. The number of rotatable bonds is 1. The maximum atomic E-state index is 9.15. The van der Waals surface area contributed by atoms with Crippen LogP contribution in [-0.2, 0) is 0 Å². The second-order valence-electron chi connectivity index (χ2n) is 2.41. The highest BCUT2D eigenvalue weighted by molar-refractivity contribution is 7.80. The summed E-state index contributed by atoms with van der Waals surface area (Å²) in [6.45, 7) is 3.50. The third kappa shape index (κ3) is 2.17. The van der Waals surface area contributed by atoms with Crippen molar-refractivity contribution in [2.45, 2.75) is 25.1 Å². The lowest BCUT2D eigenvalue weighted by atomic mass is 10.2. The molecule has 0 fully saturated rings. The van der Waals surface area contributed by atoms with Gasteiger partial charge in [-0.05, 0) is 19.9 Å². The molecule has 1 N–H and O–H groups in total. The molecule has 0 saturated heterocycles. The maximum absolute atomic E-state index is 9.15. The Bertz CT molecular complexity index is 242. The highest BCUT2D eigenvalue weighted by Crippen LogP contribution is 2.11. The molecule has 1 heterocycles. The lowest BCUT2D eigenvalue weighted by molar-refractivity contribution is 0.193. The third-order valence-electron chi connectivity index (χ3n) is 1.29. The second-order valence-corrected chi connectivity index (χ2v) is 2.81. The molecule has 0 radical (unpaired) electrons. The lowest BCUT2D eigenvalue weighted by Gasteiger charge is -2.04. The van der Waals surface area contributed by atoms with E-state index in [-0.39, 0.29) is 0 Å². The van der Waals surface area contributed by atoms with Crippen LogP contribution in [0.4, 0.5) is 0 Å². The van der Waals surface area contributed by atoms with Gasteiger partial charge in [0.15, 0.2) is 5.16 Å². The van der Waals surface area contributed by atoms with Crippen LogP contribution in [0.25, 0.3) is 0 Å². The molecule has 3 nitrogen and oxygen atoms in total. The van der Waals surface area contributed by atoms with Gasteiger partial charge in [-0.1, -0.05) is 0 Å². The summed E-state index contributed by atoms with van der Waals surface area (Å²) in [6.07, 6.45) is -0.553. The molecule has 0 aliphatic heterocycles. The first-order valence-corrected chi connectivity index (χ1v) is 3.77. The third-order valence-corrected chi connectivity index (χ3v) is 1.49. The van der Waals surface area contributed by atoms with E-state index in [1.54, 1.807) is 13.0 Å². The van der Waals surface area contributed by atoms with E-state index in [1.807, 2.05) is 6.92 Å². The Morgan fingerprint density at radius 1 is 1.55 bits per heavy atom. The van der Waals surface area contributed by atoms with Crippen molar-refractivity contribution in [1.29, 1.82) is 0 Å². The fraction of sp³-hybridized carbons (Fsp3) is 0.429. The molecule has 0 aliphatic carbocycles. The minimum absolute atomic E-state index is 0.404. The molecule has 0 bridgehead atoms. The molecule has 4 heteroatoms. The molecule has 11 heavy (non-hydrogen) atoms. The van der Waals surface area contributed by atoms with E-state index < -0.39 is 6.10 Å². The standard InChI is InChI=1S/C7H10N2OS/c1-4-3-6(5(2)10)9-7(11)8-4/h3,5,10H,1-2H3,(H,8,9,11). The summed E-state index contributed by atoms with van der Waals surface area (Å²) in [6, 6.07) is 1.74. The van der Waals surface area contributed by atoms with Crippen molar-refractivity contribution >= 4 is 12.6 Å². The van der Waals surface area contributed by atoms with E-state index >= 15 is 0 Å². The molecule has 1 atom stereocenters. The quantitative estimate of drug-likeness (QED) is 0.490. The Balaban J connectivity index is 3.08. The number of hydrogen-bond donors (Lipinski definition) is 2. The molecule has 60 valence electrons. The van der Waals surface area contributed by atoms with Gasteiger partial charge in [0, 0.05) is 5.69 Å². The molecule has 0 aromatic carbocycles. The predicted molar refractivity (Wildman–Crippen MR) is 44.7 cm³/mol. The van der Waals surface area contributed by atoms with Crippen molar-refractivity contribution in [3.8, 4) is 0 Å². The average molecular weight is 170 g/mol. The minimum Gasteiger partial charge on any atom is -0.387 e. The van der Waals surface area contributed by atoms with E-state index in [2.05, 4.69) is 22.6 Å². The van der Waals surface area contributed by atoms with Crippen molar-refractivity contribution in [2.24, 2.45) is 0 Å². The average Bonchev–Trinajstić information content (AvgIpc) is 1.85. The monoisotopic (exact) mass is 170 g/mol. The number of aryl methyl sites for hydroxylation is 1. The van der Waals surface area contributed by atoms with Crippen LogP contribution in [0, 0.1) is 6.92 Å². The zero-order valence-corrected chi connectivity index (χ0v) is 7.34. The van der Waals surface area contributed by atoms with Gasteiger partial charge in [0.25, 0.3) is 0 Å². The summed E-state index contributed by atoms with van der Waals surface area (Å²) in [5.41, 5.74) is 1.43. The smallest absolute Gasteiger partial charge is 0.184 e. The Morgan fingerprint density at radius 2 is 2.18 bits per heavy atom. The first-order chi connectivity index (χ1) is 5.09. The van der Waals surface area contributed by atoms with Gasteiger partial charge < -0.3 is 5.11 Å². The van der Waals surface area contributed by atoms with Crippen molar-refractivity contribution in [1.82, 2.24) is 9.97 Å². The Morgan fingerprint density at radius 3 is 2.64 bits per heavy atom. The van der Waals surface area contributed by atoms with Crippen LogP contribution >= 0.6 is 12.6 Å². The number of aromatic nitrogens is 2. The van der Waals surface area contributed by atoms with Gasteiger partial charge >= 0.3 is 0 Å². The van der Waals surface area contributed by atoms with Crippen LogP contribution in [0.3, 0.4) is 0 Å². The van der Waals surface area contributed by atoms with Crippen LogP contribution in [0.2, 0.25) is 0 Å². The van der Waals surface area contributed by atoms with E-state index in [9.17, 15) is 0 Å². The van der Waals surface area contributed by atoms with Crippen LogP contribution in [0.1, 0.15) is 24.4 Å². The fourth-order valence-corrected chi connectivity index (χ4v) is 1.06. The minimum atomic E-state index is -0.553. The fourth-order valence-electron chi connectivity index (χ4n) is 0.791.